The average molecular weight is 246 g/mol. The molecule has 0 bridgehead atoms. The number of phenolic OH excluding ortho intramolecular Hbond substituents is 1. The average Bonchev–Trinajstić information content (AvgIpc) is 2.81. The first kappa shape index (κ1) is 12.6. The fourth-order valence-electron chi connectivity index (χ4n) is 1.89. The summed E-state index contributed by atoms with van der Waals surface area (Å²) in [5.41, 5.74) is 8.04. The Bertz CT molecular complexity index is 525. The highest BCUT2D eigenvalue weighted by Crippen LogP contribution is 2.27. The van der Waals surface area contributed by atoms with Crippen molar-refractivity contribution in [2.45, 2.75) is 26.7 Å². The van der Waals surface area contributed by atoms with E-state index in [9.17, 15) is 5.11 Å². The number of aromatic amines is 1. The summed E-state index contributed by atoms with van der Waals surface area (Å²) >= 11 is 0. The fourth-order valence-corrected chi connectivity index (χ4v) is 1.89. The number of aromatic nitrogens is 3. The Labute approximate surface area is 106 Å². The van der Waals surface area contributed by atoms with Crippen LogP contribution in [-0.2, 0) is 6.42 Å². The number of rotatable bonds is 4. The van der Waals surface area contributed by atoms with Crippen LogP contribution in [0, 0.1) is 13.8 Å². The zero-order chi connectivity index (χ0) is 13.1. The lowest BCUT2D eigenvalue weighted by Crippen LogP contribution is -2.01. The van der Waals surface area contributed by atoms with Crippen LogP contribution in [0.3, 0.4) is 0 Å². The molecular formula is C13H18N4O. The second kappa shape index (κ2) is 5.18. The lowest BCUT2D eigenvalue weighted by atomic mass is 10.1. The monoisotopic (exact) mass is 246 g/mol. The SMILES string of the molecule is Cc1cc(-c2n[nH]c(CCCN)n2)cc(C)c1O. The molecule has 96 valence electrons. The van der Waals surface area contributed by atoms with Crippen molar-refractivity contribution in [1.82, 2.24) is 15.2 Å². The van der Waals surface area contributed by atoms with Gasteiger partial charge in [-0.05, 0) is 50.1 Å². The van der Waals surface area contributed by atoms with Gasteiger partial charge in [0.2, 0.25) is 0 Å². The summed E-state index contributed by atoms with van der Waals surface area (Å²) in [5.74, 6) is 1.84. The molecular weight excluding hydrogens is 228 g/mol. The van der Waals surface area contributed by atoms with E-state index < -0.39 is 0 Å². The summed E-state index contributed by atoms with van der Waals surface area (Å²) in [4.78, 5) is 4.43. The summed E-state index contributed by atoms with van der Waals surface area (Å²) in [6.07, 6.45) is 1.70. The van der Waals surface area contributed by atoms with E-state index >= 15 is 0 Å². The van der Waals surface area contributed by atoms with Crippen molar-refractivity contribution in [3.63, 3.8) is 0 Å². The molecule has 0 aliphatic rings. The number of nitrogens with two attached hydrogens (primary N) is 1. The summed E-state index contributed by atoms with van der Waals surface area (Å²) in [6.45, 7) is 4.38. The number of hydrogen-bond donors (Lipinski definition) is 3. The smallest absolute Gasteiger partial charge is 0.181 e. The number of aryl methyl sites for hydroxylation is 3. The Morgan fingerprint density at radius 2 is 1.94 bits per heavy atom. The van der Waals surface area contributed by atoms with Gasteiger partial charge in [0.05, 0.1) is 0 Å². The normalized spacial score (nSPS) is 10.8. The molecule has 0 aliphatic heterocycles. The maximum absolute atomic E-state index is 9.74. The van der Waals surface area contributed by atoms with Gasteiger partial charge in [-0.1, -0.05) is 0 Å². The molecule has 5 heteroatoms. The van der Waals surface area contributed by atoms with Crippen molar-refractivity contribution in [2.75, 3.05) is 6.54 Å². The van der Waals surface area contributed by atoms with E-state index in [1.807, 2.05) is 26.0 Å². The molecule has 1 aromatic carbocycles. The van der Waals surface area contributed by atoms with Gasteiger partial charge < -0.3 is 10.8 Å². The van der Waals surface area contributed by atoms with Gasteiger partial charge in [-0.15, -0.1) is 0 Å². The number of benzene rings is 1. The molecule has 0 amide bonds. The molecule has 2 aromatic rings. The summed E-state index contributed by atoms with van der Waals surface area (Å²) < 4.78 is 0. The minimum Gasteiger partial charge on any atom is -0.507 e. The molecule has 0 saturated heterocycles. The van der Waals surface area contributed by atoms with E-state index in [2.05, 4.69) is 15.2 Å². The lowest BCUT2D eigenvalue weighted by Gasteiger charge is -2.04. The van der Waals surface area contributed by atoms with Gasteiger partial charge in [0, 0.05) is 12.0 Å². The largest absolute Gasteiger partial charge is 0.507 e. The maximum Gasteiger partial charge on any atom is 0.181 e. The van der Waals surface area contributed by atoms with Crippen molar-refractivity contribution in [2.24, 2.45) is 5.73 Å². The summed E-state index contributed by atoms with van der Waals surface area (Å²) in [5, 5.41) is 16.8. The van der Waals surface area contributed by atoms with E-state index in [0.717, 1.165) is 35.4 Å². The van der Waals surface area contributed by atoms with Crippen LogP contribution in [0.2, 0.25) is 0 Å². The van der Waals surface area contributed by atoms with Crippen molar-refractivity contribution in [3.05, 3.63) is 29.1 Å². The number of nitrogens with one attached hydrogen (secondary N) is 1. The van der Waals surface area contributed by atoms with E-state index in [0.29, 0.717) is 18.1 Å². The van der Waals surface area contributed by atoms with Crippen LogP contribution in [0.4, 0.5) is 0 Å². The summed E-state index contributed by atoms with van der Waals surface area (Å²) in [7, 11) is 0. The van der Waals surface area contributed by atoms with Crippen molar-refractivity contribution in [3.8, 4) is 17.1 Å². The number of hydrogen-bond acceptors (Lipinski definition) is 4. The standard InChI is InChI=1S/C13H18N4O/c1-8-6-10(7-9(2)12(8)18)13-15-11(16-17-13)4-3-5-14/h6-7,18H,3-5,14H2,1-2H3,(H,15,16,17). The Hall–Kier alpha value is -1.88. The second-order valence-electron chi connectivity index (χ2n) is 4.46. The molecule has 0 spiro atoms. The third-order valence-electron chi connectivity index (χ3n) is 2.90. The molecule has 2 rings (SSSR count). The predicted octanol–water partition coefficient (Wildman–Crippen LogP) is 1.69. The molecule has 0 atom stereocenters. The molecule has 0 radical (unpaired) electrons. The molecule has 18 heavy (non-hydrogen) atoms. The first-order valence-electron chi connectivity index (χ1n) is 6.03. The zero-order valence-corrected chi connectivity index (χ0v) is 10.7. The van der Waals surface area contributed by atoms with Crippen LogP contribution < -0.4 is 5.73 Å². The van der Waals surface area contributed by atoms with Crippen LogP contribution in [0.5, 0.6) is 5.75 Å². The molecule has 0 saturated carbocycles. The molecule has 4 N–H and O–H groups in total. The number of H-pyrrole nitrogens is 1. The molecule has 1 heterocycles. The molecule has 0 aliphatic carbocycles. The van der Waals surface area contributed by atoms with Gasteiger partial charge in [0.25, 0.3) is 0 Å². The van der Waals surface area contributed by atoms with Crippen molar-refractivity contribution < 1.29 is 5.11 Å². The second-order valence-corrected chi connectivity index (χ2v) is 4.46. The van der Waals surface area contributed by atoms with Gasteiger partial charge >= 0.3 is 0 Å². The first-order valence-corrected chi connectivity index (χ1v) is 6.03. The lowest BCUT2D eigenvalue weighted by molar-refractivity contribution is 0.467. The topological polar surface area (TPSA) is 87.8 Å². The Morgan fingerprint density at radius 3 is 2.56 bits per heavy atom. The van der Waals surface area contributed by atoms with Gasteiger partial charge in [-0.3, -0.25) is 5.10 Å². The van der Waals surface area contributed by atoms with Gasteiger partial charge in [-0.2, -0.15) is 5.10 Å². The zero-order valence-electron chi connectivity index (χ0n) is 10.7. The summed E-state index contributed by atoms with van der Waals surface area (Å²) in [6, 6.07) is 3.77. The maximum atomic E-state index is 9.74. The quantitative estimate of drug-likeness (QED) is 0.766. The Morgan fingerprint density at radius 1 is 1.28 bits per heavy atom. The van der Waals surface area contributed by atoms with Gasteiger partial charge in [0.1, 0.15) is 11.6 Å². The molecule has 0 fully saturated rings. The van der Waals surface area contributed by atoms with E-state index in [1.54, 1.807) is 0 Å². The van der Waals surface area contributed by atoms with Crippen LogP contribution in [0.15, 0.2) is 12.1 Å². The van der Waals surface area contributed by atoms with E-state index in [-0.39, 0.29) is 0 Å². The van der Waals surface area contributed by atoms with Gasteiger partial charge in [-0.25, -0.2) is 4.98 Å². The third-order valence-corrected chi connectivity index (χ3v) is 2.90. The van der Waals surface area contributed by atoms with Gasteiger partial charge in [0.15, 0.2) is 5.82 Å². The Balaban J connectivity index is 2.28. The number of aromatic hydroxyl groups is 1. The predicted molar refractivity (Wildman–Crippen MR) is 70.3 cm³/mol. The fraction of sp³-hybridized carbons (Fsp3) is 0.385. The van der Waals surface area contributed by atoms with Crippen LogP contribution >= 0.6 is 0 Å². The van der Waals surface area contributed by atoms with E-state index in [4.69, 9.17) is 5.73 Å². The molecule has 5 nitrogen and oxygen atoms in total. The molecule has 0 unspecified atom stereocenters. The van der Waals surface area contributed by atoms with Crippen LogP contribution in [0.25, 0.3) is 11.4 Å². The van der Waals surface area contributed by atoms with E-state index in [1.165, 1.54) is 0 Å². The van der Waals surface area contributed by atoms with Crippen molar-refractivity contribution >= 4 is 0 Å². The first-order chi connectivity index (χ1) is 8.61. The highest BCUT2D eigenvalue weighted by atomic mass is 16.3. The number of nitrogens with zero attached hydrogens (tertiary/aromatic N) is 2. The third kappa shape index (κ3) is 2.51. The van der Waals surface area contributed by atoms with Crippen molar-refractivity contribution in [1.29, 1.82) is 0 Å². The number of phenols is 1. The minimum atomic E-state index is 0.331. The highest BCUT2D eigenvalue weighted by molar-refractivity contribution is 5.60. The Kier molecular flexibility index (Phi) is 3.62. The van der Waals surface area contributed by atoms with Crippen LogP contribution in [-0.4, -0.2) is 26.8 Å². The van der Waals surface area contributed by atoms with Crippen LogP contribution in [0.1, 0.15) is 23.4 Å². The highest BCUT2D eigenvalue weighted by Gasteiger charge is 2.09. The minimum absolute atomic E-state index is 0.331. The molecule has 1 aromatic heterocycles.